The van der Waals surface area contributed by atoms with Crippen molar-refractivity contribution < 1.29 is 27.5 Å². The molecule has 0 saturated carbocycles. The number of amides is 1. The number of furan rings is 1. The minimum Gasteiger partial charge on any atom is -0.466 e. The maximum absolute atomic E-state index is 13.6. The standard InChI is InChI=1S/C21H20F3NO3S/c1-2-14-7-9-15(10-8-14)19(16-5-4-12-29-16)25-18(26)13-20(27,21(22,23)24)17-6-3-11-28-17/h3-12,19,27H,2,13H2,1H3,(H,25,26). The van der Waals surface area contributed by atoms with E-state index in [1.54, 1.807) is 12.1 Å². The van der Waals surface area contributed by atoms with E-state index in [1.807, 2.05) is 36.6 Å². The van der Waals surface area contributed by atoms with Crippen molar-refractivity contribution in [1.29, 1.82) is 0 Å². The Morgan fingerprint density at radius 3 is 2.41 bits per heavy atom. The summed E-state index contributed by atoms with van der Waals surface area (Å²) in [4.78, 5) is 13.4. The van der Waals surface area contributed by atoms with E-state index < -0.39 is 35.9 Å². The maximum Gasteiger partial charge on any atom is 0.425 e. The second kappa shape index (κ2) is 8.42. The molecule has 0 spiro atoms. The van der Waals surface area contributed by atoms with Crippen LogP contribution in [0, 0.1) is 0 Å². The molecule has 2 atom stereocenters. The van der Waals surface area contributed by atoms with Gasteiger partial charge in [-0.2, -0.15) is 13.2 Å². The van der Waals surface area contributed by atoms with E-state index >= 15 is 0 Å². The van der Waals surface area contributed by atoms with Crippen LogP contribution in [0.3, 0.4) is 0 Å². The van der Waals surface area contributed by atoms with Crippen LogP contribution in [0.25, 0.3) is 0 Å². The van der Waals surface area contributed by atoms with Gasteiger partial charge in [0.15, 0.2) is 0 Å². The topological polar surface area (TPSA) is 62.5 Å². The number of hydrogen-bond acceptors (Lipinski definition) is 4. The normalized spacial score (nSPS) is 14.9. The zero-order valence-corrected chi connectivity index (χ0v) is 16.4. The first-order chi connectivity index (χ1) is 13.7. The molecule has 0 fully saturated rings. The Hall–Kier alpha value is -2.58. The summed E-state index contributed by atoms with van der Waals surface area (Å²) in [7, 11) is 0. The fourth-order valence-corrected chi connectivity index (χ4v) is 3.81. The predicted octanol–water partition coefficient (Wildman–Crippen LogP) is 4.95. The van der Waals surface area contributed by atoms with Gasteiger partial charge in [0.25, 0.3) is 0 Å². The number of rotatable bonds is 7. The van der Waals surface area contributed by atoms with Gasteiger partial charge >= 0.3 is 6.18 Å². The summed E-state index contributed by atoms with van der Waals surface area (Å²) in [6.07, 6.45) is -4.42. The lowest BCUT2D eigenvalue weighted by atomic mass is 9.94. The number of benzene rings is 1. The van der Waals surface area contributed by atoms with E-state index in [0.29, 0.717) is 0 Å². The summed E-state index contributed by atoms with van der Waals surface area (Å²) in [6, 6.07) is 12.7. The molecule has 2 heterocycles. The van der Waals surface area contributed by atoms with Crippen molar-refractivity contribution in [3.63, 3.8) is 0 Å². The first-order valence-corrected chi connectivity index (χ1v) is 9.87. The Kier molecular flexibility index (Phi) is 6.14. The molecule has 0 bridgehead atoms. The summed E-state index contributed by atoms with van der Waals surface area (Å²) in [5.41, 5.74) is -1.56. The first-order valence-electron chi connectivity index (χ1n) is 8.99. The number of alkyl halides is 3. The second-order valence-corrected chi connectivity index (χ2v) is 7.60. The summed E-state index contributed by atoms with van der Waals surface area (Å²) >= 11 is 1.38. The number of carbonyl (C=O) groups is 1. The molecule has 29 heavy (non-hydrogen) atoms. The first kappa shape index (κ1) is 21.1. The third-order valence-electron chi connectivity index (χ3n) is 4.67. The molecule has 1 amide bonds. The van der Waals surface area contributed by atoms with Crippen molar-refractivity contribution in [3.05, 3.63) is 81.9 Å². The average Bonchev–Trinajstić information content (AvgIpc) is 3.39. The number of carbonyl (C=O) groups excluding carboxylic acids is 1. The lowest BCUT2D eigenvalue weighted by molar-refractivity contribution is -0.273. The van der Waals surface area contributed by atoms with Crippen molar-refractivity contribution in [2.24, 2.45) is 0 Å². The number of hydrogen-bond donors (Lipinski definition) is 2. The third kappa shape index (κ3) is 4.54. The van der Waals surface area contributed by atoms with Crippen LogP contribution in [0.2, 0.25) is 0 Å². The summed E-state index contributed by atoms with van der Waals surface area (Å²) in [5.74, 6) is -1.67. The average molecular weight is 423 g/mol. The van der Waals surface area contributed by atoms with Crippen LogP contribution >= 0.6 is 11.3 Å². The van der Waals surface area contributed by atoms with E-state index in [9.17, 15) is 23.1 Å². The Morgan fingerprint density at radius 2 is 1.90 bits per heavy atom. The van der Waals surface area contributed by atoms with Crippen LogP contribution in [0.1, 0.15) is 41.2 Å². The lowest BCUT2D eigenvalue weighted by Gasteiger charge is -2.29. The maximum atomic E-state index is 13.6. The highest BCUT2D eigenvalue weighted by atomic mass is 32.1. The van der Waals surface area contributed by atoms with Gasteiger partial charge in [-0.15, -0.1) is 11.3 Å². The van der Waals surface area contributed by atoms with Crippen molar-refractivity contribution in [3.8, 4) is 0 Å². The lowest BCUT2D eigenvalue weighted by Crippen LogP contribution is -2.46. The molecule has 8 heteroatoms. The van der Waals surface area contributed by atoms with Gasteiger partial charge in [0.05, 0.1) is 18.7 Å². The van der Waals surface area contributed by atoms with Crippen LogP contribution in [0.5, 0.6) is 0 Å². The van der Waals surface area contributed by atoms with Crippen molar-refractivity contribution in [2.45, 2.75) is 37.6 Å². The Balaban J connectivity index is 1.86. The van der Waals surface area contributed by atoms with Gasteiger partial charge < -0.3 is 14.8 Å². The molecule has 2 N–H and O–H groups in total. The minimum atomic E-state index is -5.08. The van der Waals surface area contributed by atoms with Crippen molar-refractivity contribution in [1.82, 2.24) is 5.32 Å². The molecule has 1 aromatic carbocycles. The van der Waals surface area contributed by atoms with Crippen LogP contribution < -0.4 is 5.32 Å². The molecule has 0 aliphatic rings. The monoisotopic (exact) mass is 423 g/mol. The van der Waals surface area contributed by atoms with Gasteiger partial charge in [0.2, 0.25) is 11.5 Å². The van der Waals surface area contributed by atoms with E-state index in [4.69, 9.17) is 4.42 Å². The molecule has 0 radical (unpaired) electrons. The van der Waals surface area contributed by atoms with E-state index in [0.717, 1.165) is 34.8 Å². The highest BCUT2D eigenvalue weighted by molar-refractivity contribution is 7.10. The zero-order chi connectivity index (χ0) is 21.1. The largest absolute Gasteiger partial charge is 0.466 e. The molecule has 2 aromatic heterocycles. The van der Waals surface area contributed by atoms with Crippen molar-refractivity contribution >= 4 is 17.2 Å². The molecule has 2 unspecified atom stereocenters. The molecule has 3 rings (SSSR count). The van der Waals surface area contributed by atoms with Gasteiger partial charge in [-0.1, -0.05) is 37.3 Å². The van der Waals surface area contributed by atoms with E-state index in [-0.39, 0.29) is 0 Å². The number of aliphatic hydroxyl groups is 1. The third-order valence-corrected chi connectivity index (χ3v) is 5.61. The smallest absolute Gasteiger partial charge is 0.425 e. The highest BCUT2D eigenvalue weighted by Crippen LogP contribution is 2.42. The molecule has 0 aliphatic heterocycles. The van der Waals surface area contributed by atoms with Crippen molar-refractivity contribution in [2.75, 3.05) is 0 Å². The summed E-state index contributed by atoms with van der Waals surface area (Å²) < 4.78 is 45.4. The van der Waals surface area contributed by atoms with Crippen LogP contribution in [-0.2, 0) is 16.8 Å². The molecule has 3 aromatic rings. The molecular formula is C21H20F3NO3S. The predicted molar refractivity (Wildman–Crippen MR) is 103 cm³/mol. The number of thiophene rings is 1. The molecule has 0 aliphatic carbocycles. The quantitative estimate of drug-likeness (QED) is 0.565. The number of halogens is 3. The fourth-order valence-electron chi connectivity index (χ4n) is 3.01. The number of aryl methyl sites for hydroxylation is 1. The van der Waals surface area contributed by atoms with Gasteiger partial charge in [-0.25, -0.2) is 0 Å². The molecule has 154 valence electrons. The van der Waals surface area contributed by atoms with E-state index in [2.05, 4.69) is 5.32 Å². The highest BCUT2D eigenvalue weighted by Gasteiger charge is 2.58. The Bertz CT molecular complexity index is 921. The number of nitrogens with one attached hydrogen (secondary N) is 1. The van der Waals surface area contributed by atoms with Crippen LogP contribution in [0.4, 0.5) is 13.2 Å². The fraction of sp³-hybridized carbons (Fsp3) is 0.286. The molecule has 0 saturated heterocycles. The van der Waals surface area contributed by atoms with Crippen LogP contribution in [0.15, 0.2) is 64.6 Å². The summed E-state index contributed by atoms with van der Waals surface area (Å²) in [5, 5.41) is 14.7. The SMILES string of the molecule is CCc1ccc(C(NC(=O)CC(O)(c2ccco2)C(F)(F)F)c2cccs2)cc1. The molecular weight excluding hydrogens is 403 g/mol. The van der Waals surface area contributed by atoms with Crippen LogP contribution in [-0.4, -0.2) is 17.2 Å². The molecule has 4 nitrogen and oxygen atoms in total. The Morgan fingerprint density at radius 1 is 1.17 bits per heavy atom. The van der Waals surface area contributed by atoms with Gasteiger partial charge in [-0.3, -0.25) is 4.79 Å². The summed E-state index contributed by atoms with van der Waals surface area (Å²) in [6.45, 7) is 2.01. The second-order valence-electron chi connectivity index (χ2n) is 6.62. The van der Waals surface area contributed by atoms with E-state index in [1.165, 1.54) is 17.4 Å². The van der Waals surface area contributed by atoms with Gasteiger partial charge in [0, 0.05) is 4.88 Å². The zero-order valence-electron chi connectivity index (χ0n) is 15.6. The van der Waals surface area contributed by atoms with Gasteiger partial charge in [0.1, 0.15) is 5.76 Å². The minimum absolute atomic E-state index is 0.623. The van der Waals surface area contributed by atoms with Gasteiger partial charge in [-0.05, 0) is 41.1 Å². The Labute approximate surface area is 170 Å².